The zero-order valence-electron chi connectivity index (χ0n) is 20.4. The standard InChI is InChI=1S/C27H39N3O3/c1-20-9-7-10-21(2)30(20)16-8-15-28-25(31)24-22(3)26(32)33-27(24)13-17-29(18-14-27)19-23-11-5-4-6-12-23/h4-6,11-12,20-21H,7-10,13-19H2,1-3H3,(H,28,31)/t20-,21+. The van der Waals surface area contributed by atoms with E-state index in [0.717, 1.165) is 32.6 Å². The first-order valence-electron chi connectivity index (χ1n) is 12.6. The molecule has 2 saturated heterocycles. The molecule has 1 spiro atoms. The molecule has 6 heteroatoms. The number of piperidine rings is 2. The molecule has 1 amide bonds. The number of carbonyl (C=O) groups is 2. The molecule has 6 nitrogen and oxygen atoms in total. The zero-order chi connectivity index (χ0) is 23.4. The molecular formula is C27H39N3O3. The van der Waals surface area contributed by atoms with Crippen LogP contribution in [-0.4, -0.2) is 65.5 Å². The highest BCUT2D eigenvalue weighted by atomic mass is 16.6. The molecule has 33 heavy (non-hydrogen) atoms. The number of amides is 1. The number of ether oxygens (including phenoxy) is 1. The molecule has 0 aliphatic carbocycles. The van der Waals surface area contributed by atoms with Crippen LogP contribution in [0.5, 0.6) is 0 Å². The molecule has 4 rings (SSSR count). The van der Waals surface area contributed by atoms with Gasteiger partial charge in [0.25, 0.3) is 5.91 Å². The van der Waals surface area contributed by atoms with Crippen LogP contribution in [0.25, 0.3) is 0 Å². The maximum atomic E-state index is 13.2. The first-order valence-corrected chi connectivity index (χ1v) is 12.6. The van der Waals surface area contributed by atoms with Crippen molar-refractivity contribution < 1.29 is 14.3 Å². The van der Waals surface area contributed by atoms with Gasteiger partial charge in [-0.25, -0.2) is 4.79 Å². The van der Waals surface area contributed by atoms with E-state index in [4.69, 9.17) is 4.74 Å². The Bertz CT molecular complexity index is 864. The summed E-state index contributed by atoms with van der Waals surface area (Å²) >= 11 is 0. The first kappa shape index (κ1) is 24.0. The van der Waals surface area contributed by atoms with E-state index in [1.165, 1.54) is 24.8 Å². The van der Waals surface area contributed by atoms with Crippen LogP contribution in [0.2, 0.25) is 0 Å². The number of nitrogens with zero attached hydrogens (tertiary/aromatic N) is 2. The number of likely N-dealkylation sites (tertiary alicyclic amines) is 2. The number of rotatable bonds is 7. The first-order chi connectivity index (χ1) is 15.9. The molecule has 3 aliphatic rings. The van der Waals surface area contributed by atoms with Crippen LogP contribution in [0, 0.1) is 0 Å². The monoisotopic (exact) mass is 453 g/mol. The molecule has 3 aliphatic heterocycles. The molecular weight excluding hydrogens is 414 g/mol. The quantitative estimate of drug-likeness (QED) is 0.504. The smallest absolute Gasteiger partial charge is 0.335 e. The number of esters is 1. The third kappa shape index (κ3) is 5.33. The maximum absolute atomic E-state index is 13.2. The molecule has 3 heterocycles. The molecule has 1 N–H and O–H groups in total. The van der Waals surface area contributed by atoms with Crippen LogP contribution in [0.15, 0.2) is 41.5 Å². The summed E-state index contributed by atoms with van der Waals surface area (Å²) in [6, 6.07) is 11.6. The summed E-state index contributed by atoms with van der Waals surface area (Å²) in [6.45, 7) is 10.4. The largest absolute Gasteiger partial charge is 0.450 e. The molecule has 0 bridgehead atoms. The third-order valence-corrected chi connectivity index (χ3v) is 7.82. The van der Waals surface area contributed by atoms with Gasteiger partial charge in [-0.3, -0.25) is 14.6 Å². The fourth-order valence-corrected chi connectivity index (χ4v) is 5.86. The molecule has 0 unspecified atom stereocenters. The second kappa shape index (κ2) is 10.4. The van der Waals surface area contributed by atoms with Gasteiger partial charge in [0.2, 0.25) is 0 Å². The molecule has 2 atom stereocenters. The topological polar surface area (TPSA) is 61.9 Å². The van der Waals surface area contributed by atoms with E-state index in [-0.39, 0.29) is 11.9 Å². The van der Waals surface area contributed by atoms with E-state index >= 15 is 0 Å². The molecule has 180 valence electrons. The minimum Gasteiger partial charge on any atom is -0.450 e. The third-order valence-electron chi connectivity index (χ3n) is 7.82. The summed E-state index contributed by atoms with van der Waals surface area (Å²) in [7, 11) is 0. The van der Waals surface area contributed by atoms with Crippen LogP contribution in [-0.2, 0) is 20.9 Å². The van der Waals surface area contributed by atoms with E-state index in [0.29, 0.717) is 42.6 Å². The van der Waals surface area contributed by atoms with E-state index in [1.807, 2.05) is 6.07 Å². The van der Waals surface area contributed by atoms with Crippen LogP contribution in [0.3, 0.4) is 0 Å². The highest BCUT2D eigenvalue weighted by molar-refractivity contribution is 6.07. The molecule has 0 saturated carbocycles. The molecule has 0 radical (unpaired) electrons. The van der Waals surface area contributed by atoms with Crippen molar-refractivity contribution in [3.8, 4) is 0 Å². The van der Waals surface area contributed by atoms with Gasteiger partial charge < -0.3 is 10.1 Å². The second-order valence-electron chi connectivity index (χ2n) is 10.1. The predicted molar refractivity (Wildman–Crippen MR) is 130 cm³/mol. The van der Waals surface area contributed by atoms with Gasteiger partial charge in [-0.15, -0.1) is 0 Å². The lowest BCUT2D eigenvalue weighted by atomic mass is 9.82. The molecule has 1 aromatic carbocycles. The van der Waals surface area contributed by atoms with Crippen molar-refractivity contribution in [3.63, 3.8) is 0 Å². The van der Waals surface area contributed by atoms with E-state index < -0.39 is 5.60 Å². The minimum atomic E-state index is -0.770. The average Bonchev–Trinajstić information content (AvgIpc) is 3.04. The Hall–Kier alpha value is -2.18. The Kier molecular flexibility index (Phi) is 7.55. The van der Waals surface area contributed by atoms with Gasteiger partial charge in [0, 0.05) is 63.2 Å². The number of hydrogen-bond acceptors (Lipinski definition) is 5. The van der Waals surface area contributed by atoms with Crippen molar-refractivity contribution in [1.82, 2.24) is 15.1 Å². The number of benzene rings is 1. The van der Waals surface area contributed by atoms with E-state index in [1.54, 1.807) is 6.92 Å². The van der Waals surface area contributed by atoms with Gasteiger partial charge in [0.15, 0.2) is 0 Å². The van der Waals surface area contributed by atoms with Crippen LogP contribution >= 0.6 is 0 Å². The maximum Gasteiger partial charge on any atom is 0.335 e. The summed E-state index contributed by atoms with van der Waals surface area (Å²) in [5, 5.41) is 3.10. The molecule has 2 fully saturated rings. The minimum absolute atomic E-state index is 0.130. The van der Waals surface area contributed by atoms with Crippen molar-refractivity contribution in [2.24, 2.45) is 0 Å². The normalized spacial score (nSPS) is 26.0. The Morgan fingerprint density at radius 2 is 1.79 bits per heavy atom. The lowest BCUT2D eigenvalue weighted by molar-refractivity contribution is -0.151. The molecule has 1 aromatic rings. The Morgan fingerprint density at radius 3 is 2.45 bits per heavy atom. The SMILES string of the molecule is CC1=C(C(=O)NCCCN2[C@H](C)CCC[C@@H]2C)C2(CCN(Cc3ccccc3)CC2)OC1=O. The number of carbonyl (C=O) groups excluding carboxylic acids is 2. The van der Waals surface area contributed by atoms with E-state index in [2.05, 4.69) is 53.2 Å². The van der Waals surface area contributed by atoms with Gasteiger partial charge in [-0.1, -0.05) is 36.8 Å². The molecule has 0 aromatic heterocycles. The Labute approximate surface area is 198 Å². The average molecular weight is 454 g/mol. The fourth-order valence-electron chi connectivity index (χ4n) is 5.86. The van der Waals surface area contributed by atoms with Crippen molar-refractivity contribution in [2.75, 3.05) is 26.2 Å². The summed E-state index contributed by atoms with van der Waals surface area (Å²) in [4.78, 5) is 30.6. The predicted octanol–water partition coefficient (Wildman–Crippen LogP) is 3.66. The zero-order valence-corrected chi connectivity index (χ0v) is 20.4. The Balaban J connectivity index is 1.32. The van der Waals surface area contributed by atoms with Crippen molar-refractivity contribution >= 4 is 11.9 Å². The summed E-state index contributed by atoms with van der Waals surface area (Å²) < 4.78 is 5.86. The highest BCUT2D eigenvalue weighted by Gasteiger charge is 2.50. The fraction of sp³-hybridized carbons (Fsp3) is 0.630. The van der Waals surface area contributed by atoms with Crippen LogP contribution in [0.1, 0.15) is 64.9 Å². The van der Waals surface area contributed by atoms with Gasteiger partial charge >= 0.3 is 5.97 Å². The van der Waals surface area contributed by atoms with Crippen molar-refractivity contribution in [2.45, 2.75) is 83.5 Å². The van der Waals surface area contributed by atoms with Gasteiger partial charge in [0.05, 0.1) is 5.57 Å². The summed E-state index contributed by atoms with van der Waals surface area (Å²) in [6.07, 6.45) is 6.06. The Morgan fingerprint density at radius 1 is 1.12 bits per heavy atom. The van der Waals surface area contributed by atoms with Crippen LogP contribution in [0.4, 0.5) is 0 Å². The van der Waals surface area contributed by atoms with Crippen molar-refractivity contribution in [1.29, 1.82) is 0 Å². The van der Waals surface area contributed by atoms with Gasteiger partial charge in [-0.2, -0.15) is 0 Å². The highest BCUT2D eigenvalue weighted by Crippen LogP contribution is 2.41. The lowest BCUT2D eigenvalue weighted by Crippen LogP contribution is -2.49. The van der Waals surface area contributed by atoms with E-state index in [9.17, 15) is 9.59 Å². The number of hydrogen-bond donors (Lipinski definition) is 1. The van der Waals surface area contributed by atoms with Crippen LogP contribution < -0.4 is 5.32 Å². The van der Waals surface area contributed by atoms with Gasteiger partial charge in [-0.05, 0) is 45.6 Å². The lowest BCUT2D eigenvalue weighted by Gasteiger charge is -2.39. The summed E-state index contributed by atoms with van der Waals surface area (Å²) in [5.74, 6) is -0.470. The van der Waals surface area contributed by atoms with Gasteiger partial charge in [0.1, 0.15) is 5.60 Å². The number of nitrogens with one attached hydrogen (secondary N) is 1. The van der Waals surface area contributed by atoms with Crippen molar-refractivity contribution in [3.05, 3.63) is 47.0 Å². The second-order valence-corrected chi connectivity index (χ2v) is 10.1. The summed E-state index contributed by atoms with van der Waals surface area (Å²) in [5.41, 5.74) is 1.54.